The van der Waals surface area contributed by atoms with Gasteiger partial charge in [0, 0.05) is 6.54 Å². The van der Waals surface area contributed by atoms with Gasteiger partial charge in [0.2, 0.25) is 5.91 Å². The molecule has 1 rings (SSSR count). The number of rotatable bonds is 3. The summed E-state index contributed by atoms with van der Waals surface area (Å²) in [7, 11) is 0. The predicted molar refractivity (Wildman–Crippen MR) is 55.2 cm³/mol. The molecule has 3 N–H and O–H groups in total. The quantitative estimate of drug-likeness (QED) is 0.695. The smallest absolute Gasteiger partial charge is 0.326 e. The summed E-state index contributed by atoms with van der Waals surface area (Å²) in [4.78, 5) is 24.2. The molecule has 5 nitrogen and oxygen atoms in total. The highest BCUT2D eigenvalue weighted by Crippen LogP contribution is 2.24. The minimum atomic E-state index is -0.934. The lowest BCUT2D eigenvalue weighted by Crippen LogP contribution is -2.49. The highest BCUT2D eigenvalue weighted by Gasteiger charge is 2.40. The van der Waals surface area contributed by atoms with E-state index in [9.17, 15) is 9.59 Å². The summed E-state index contributed by atoms with van der Waals surface area (Å²) in [5, 5.41) is 9.02. The molecular formula is C10H18N2O3. The van der Waals surface area contributed by atoms with Gasteiger partial charge in [-0.15, -0.1) is 0 Å². The second kappa shape index (κ2) is 4.61. The van der Waals surface area contributed by atoms with Crippen LogP contribution in [0.5, 0.6) is 0 Å². The molecule has 0 spiro atoms. The molecule has 0 aliphatic carbocycles. The van der Waals surface area contributed by atoms with Crippen LogP contribution in [0, 0.1) is 5.92 Å². The number of carbonyl (C=O) groups is 2. The molecule has 1 amide bonds. The molecule has 3 atom stereocenters. The van der Waals surface area contributed by atoms with Gasteiger partial charge in [0.25, 0.3) is 0 Å². The maximum absolute atomic E-state index is 11.8. The standard InChI is InChI=1S/C10H18N2O3/c1-3-7(11)9(13)12-5-4-6(2)8(12)10(14)15/h6-8H,3-5,11H2,1-2H3,(H,14,15)/t6?,7-,8?/m1/s1. The van der Waals surface area contributed by atoms with Gasteiger partial charge < -0.3 is 15.7 Å². The molecule has 2 unspecified atom stereocenters. The Hall–Kier alpha value is -1.10. The molecule has 15 heavy (non-hydrogen) atoms. The van der Waals surface area contributed by atoms with Gasteiger partial charge in [0.05, 0.1) is 6.04 Å². The molecule has 0 bridgehead atoms. The summed E-state index contributed by atoms with van der Waals surface area (Å²) < 4.78 is 0. The van der Waals surface area contributed by atoms with Crippen molar-refractivity contribution in [3.05, 3.63) is 0 Å². The highest BCUT2D eigenvalue weighted by molar-refractivity contribution is 5.87. The van der Waals surface area contributed by atoms with Crippen molar-refractivity contribution in [2.24, 2.45) is 11.7 Å². The van der Waals surface area contributed by atoms with E-state index in [-0.39, 0.29) is 11.8 Å². The number of carbonyl (C=O) groups excluding carboxylic acids is 1. The zero-order valence-electron chi connectivity index (χ0n) is 9.14. The Balaban J connectivity index is 2.77. The van der Waals surface area contributed by atoms with Crippen LogP contribution in [0.1, 0.15) is 26.7 Å². The van der Waals surface area contributed by atoms with Crippen molar-refractivity contribution in [1.29, 1.82) is 0 Å². The van der Waals surface area contributed by atoms with Crippen LogP contribution in [-0.4, -0.2) is 40.5 Å². The molecule has 0 aromatic rings. The van der Waals surface area contributed by atoms with Crippen LogP contribution < -0.4 is 5.73 Å². The number of nitrogens with zero attached hydrogens (tertiary/aromatic N) is 1. The van der Waals surface area contributed by atoms with Gasteiger partial charge >= 0.3 is 5.97 Å². The molecule has 0 radical (unpaired) electrons. The van der Waals surface area contributed by atoms with E-state index in [1.807, 2.05) is 13.8 Å². The molecule has 0 aromatic carbocycles. The van der Waals surface area contributed by atoms with Crippen molar-refractivity contribution in [2.45, 2.75) is 38.8 Å². The van der Waals surface area contributed by atoms with Crippen molar-refractivity contribution in [3.8, 4) is 0 Å². The van der Waals surface area contributed by atoms with Gasteiger partial charge in [-0.05, 0) is 18.8 Å². The van der Waals surface area contributed by atoms with E-state index in [1.54, 1.807) is 0 Å². The fourth-order valence-electron chi connectivity index (χ4n) is 1.96. The number of carboxylic acids is 1. The lowest BCUT2D eigenvalue weighted by molar-refractivity contribution is -0.149. The van der Waals surface area contributed by atoms with Gasteiger partial charge in [-0.3, -0.25) is 4.79 Å². The average Bonchev–Trinajstić information content (AvgIpc) is 2.57. The Bertz CT molecular complexity index is 267. The highest BCUT2D eigenvalue weighted by atomic mass is 16.4. The summed E-state index contributed by atoms with van der Waals surface area (Å²) in [5.41, 5.74) is 5.62. The molecular weight excluding hydrogens is 196 g/mol. The minimum Gasteiger partial charge on any atom is -0.480 e. The number of carboxylic acid groups (broad SMARTS) is 1. The molecule has 0 aromatic heterocycles. The molecule has 1 saturated heterocycles. The van der Waals surface area contributed by atoms with Gasteiger partial charge in [-0.1, -0.05) is 13.8 Å². The maximum atomic E-state index is 11.8. The number of hydrogen-bond donors (Lipinski definition) is 2. The number of aliphatic carboxylic acids is 1. The van der Waals surface area contributed by atoms with E-state index in [0.717, 1.165) is 6.42 Å². The Labute approximate surface area is 89.2 Å². The van der Waals surface area contributed by atoms with Crippen molar-refractivity contribution in [1.82, 2.24) is 4.90 Å². The molecule has 1 fully saturated rings. The monoisotopic (exact) mass is 214 g/mol. The number of nitrogens with two attached hydrogens (primary N) is 1. The number of likely N-dealkylation sites (tertiary alicyclic amines) is 1. The van der Waals surface area contributed by atoms with Gasteiger partial charge in [-0.25, -0.2) is 4.79 Å². The van der Waals surface area contributed by atoms with Gasteiger partial charge in [0.1, 0.15) is 6.04 Å². The van der Waals surface area contributed by atoms with Crippen LogP contribution in [0.2, 0.25) is 0 Å². The fraction of sp³-hybridized carbons (Fsp3) is 0.800. The molecule has 86 valence electrons. The first-order valence-electron chi connectivity index (χ1n) is 5.27. The van der Waals surface area contributed by atoms with E-state index < -0.39 is 18.1 Å². The van der Waals surface area contributed by atoms with Crippen molar-refractivity contribution < 1.29 is 14.7 Å². The van der Waals surface area contributed by atoms with Crippen LogP contribution in [0.4, 0.5) is 0 Å². The average molecular weight is 214 g/mol. The molecule has 1 aliphatic rings. The van der Waals surface area contributed by atoms with Gasteiger partial charge in [-0.2, -0.15) is 0 Å². The molecule has 1 heterocycles. The Morgan fingerprint density at radius 2 is 2.20 bits per heavy atom. The van der Waals surface area contributed by atoms with Gasteiger partial charge in [0.15, 0.2) is 0 Å². The number of hydrogen-bond acceptors (Lipinski definition) is 3. The van der Waals surface area contributed by atoms with E-state index in [4.69, 9.17) is 10.8 Å². The summed E-state index contributed by atoms with van der Waals surface area (Å²) in [5.74, 6) is -1.17. The third kappa shape index (κ3) is 2.28. The zero-order chi connectivity index (χ0) is 11.6. The zero-order valence-corrected chi connectivity index (χ0v) is 9.14. The SMILES string of the molecule is CC[C@@H](N)C(=O)N1CCC(C)C1C(=O)O. The van der Waals surface area contributed by atoms with E-state index in [1.165, 1.54) is 4.90 Å². The topological polar surface area (TPSA) is 83.6 Å². The van der Waals surface area contributed by atoms with Crippen LogP contribution in [0.15, 0.2) is 0 Å². The maximum Gasteiger partial charge on any atom is 0.326 e. The summed E-state index contributed by atoms with van der Waals surface area (Å²) in [6.45, 7) is 4.17. The van der Waals surface area contributed by atoms with E-state index >= 15 is 0 Å². The molecule has 5 heteroatoms. The second-order valence-electron chi connectivity index (χ2n) is 4.10. The van der Waals surface area contributed by atoms with Crippen LogP contribution in [-0.2, 0) is 9.59 Å². The molecule has 1 aliphatic heterocycles. The van der Waals surface area contributed by atoms with Crippen molar-refractivity contribution in [2.75, 3.05) is 6.54 Å². The first-order chi connectivity index (χ1) is 6.99. The van der Waals surface area contributed by atoms with Crippen LogP contribution in [0.25, 0.3) is 0 Å². The summed E-state index contributed by atoms with van der Waals surface area (Å²) in [6, 6.07) is -1.27. The van der Waals surface area contributed by atoms with Crippen LogP contribution in [0.3, 0.4) is 0 Å². The minimum absolute atomic E-state index is 0.00973. The Morgan fingerprint density at radius 1 is 1.60 bits per heavy atom. The summed E-state index contributed by atoms with van der Waals surface area (Å²) in [6.07, 6.45) is 1.27. The summed E-state index contributed by atoms with van der Waals surface area (Å²) >= 11 is 0. The van der Waals surface area contributed by atoms with Crippen molar-refractivity contribution in [3.63, 3.8) is 0 Å². The first kappa shape index (κ1) is 12.0. The number of amides is 1. The van der Waals surface area contributed by atoms with E-state index in [0.29, 0.717) is 13.0 Å². The Kier molecular flexibility index (Phi) is 3.68. The second-order valence-corrected chi connectivity index (χ2v) is 4.10. The Morgan fingerprint density at radius 3 is 2.67 bits per heavy atom. The van der Waals surface area contributed by atoms with Crippen molar-refractivity contribution >= 4 is 11.9 Å². The third-order valence-electron chi connectivity index (χ3n) is 2.99. The van der Waals surface area contributed by atoms with Crippen LogP contribution >= 0.6 is 0 Å². The normalized spacial score (nSPS) is 27.8. The predicted octanol–water partition coefficient (Wildman–Crippen LogP) is 0.0453. The fourth-order valence-corrected chi connectivity index (χ4v) is 1.96. The lowest BCUT2D eigenvalue weighted by Gasteiger charge is -2.25. The lowest BCUT2D eigenvalue weighted by atomic mass is 10.0. The van der Waals surface area contributed by atoms with E-state index in [2.05, 4.69) is 0 Å². The largest absolute Gasteiger partial charge is 0.480 e. The third-order valence-corrected chi connectivity index (χ3v) is 2.99. The molecule has 0 saturated carbocycles. The first-order valence-corrected chi connectivity index (χ1v) is 5.27.